The van der Waals surface area contributed by atoms with Crippen molar-refractivity contribution in [1.82, 2.24) is 9.55 Å². The maximum atomic E-state index is 12.1. The van der Waals surface area contributed by atoms with Crippen molar-refractivity contribution in [1.29, 1.82) is 0 Å². The van der Waals surface area contributed by atoms with Gasteiger partial charge in [0.05, 0.1) is 12.2 Å². The highest BCUT2D eigenvalue weighted by Crippen LogP contribution is 2.29. The van der Waals surface area contributed by atoms with Crippen molar-refractivity contribution in [3.8, 4) is 0 Å². The van der Waals surface area contributed by atoms with Crippen LogP contribution in [0.25, 0.3) is 0 Å². The summed E-state index contributed by atoms with van der Waals surface area (Å²) in [5.41, 5.74) is 0.885. The molecule has 0 amide bonds. The quantitative estimate of drug-likeness (QED) is 0.478. The molecule has 134 valence electrons. The van der Waals surface area contributed by atoms with E-state index in [2.05, 4.69) is 10.3 Å². The van der Waals surface area contributed by atoms with E-state index in [0.29, 0.717) is 5.56 Å². The molecule has 8 nitrogen and oxygen atoms in total. The molecule has 5 N–H and O–H groups in total. The molecule has 0 spiro atoms. The summed E-state index contributed by atoms with van der Waals surface area (Å²) >= 11 is 5.13. The van der Waals surface area contributed by atoms with E-state index >= 15 is 0 Å². The van der Waals surface area contributed by atoms with Gasteiger partial charge in [0.2, 0.25) is 0 Å². The van der Waals surface area contributed by atoms with Crippen molar-refractivity contribution >= 4 is 17.9 Å². The van der Waals surface area contributed by atoms with Crippen molar-refractivity contribution in [3.63, 3.8) is 0 Å². The summed E-state index contributed by atoms with van der Waals surface area (Å²) in [6.45, 7) is -0.197. The third-order valence-corrected chi connectivity index (χ3v) is 4.40. The molecule has 25 heavy (non-hydrogen) atoms. The molecule has 1 aromatic heterocycles. The number of H-pyrrole nitrogens is 1. The Bertz CT molecular complexity index is 838. The Morgan fingerprint density at radius 2 is 1.96 bits per heavy atom. The summed E-state index contributed by atoms with van der Waals surface area (Å²) in [5, 5.41) is 32.4. The average Bonchev–Trinajstić information content (AvgIpc) is 2.90. The Morgan fingerprint density at radius 1 is 1.24 bits per heavy atom. The first-order valence-corrected chi connectivity index (χ1v) is 8.18. The molecule has 9 heteroatoms. The fourth-order valence-corrected chi connectivity index (χ4v) is 2.95. The Hall–Kier alpha value is -2.04. The minimum Gasteiger partial charge on any atom is -0.394 e. The van der Waals surface area contributed by atoms with Crippen molar-refractivity contribution < 1.29 is 20.1 Å². The summed E-state index contributed by atoms with van der Waals surface area (Å²) in [7, 11) is 0. The second-order valence-electron chi connectivity index (χ2n) is 5.77. The molecule has 0 bridgehead atoms. The first kappa shape index (κ1) is 17.8. The Balaban J connectivity index is 1.86. The van der Waals surface area contributed by atoms with Crippen LogP contribution in [0.2, 0.25) is 0 Å². The smallest absolute Gasteiger partial charge is 0.256 e. The summed E-state index contributed by atoms with van der Waals surface area (Å²) in [4.78, 5) is 14.7. The molecular weight excluding hydrogens is 346 g/mol. The van der Waals surface area contributed by atoms with Gasteiger partial charge in [-0.05, 0) is 24.4 Å². The Kier molecular flexibility index (Phi) is 5.30. The largest absolute Gasteiger partial charge is 0.394 e. The molecule has 2 heterocycles. The fourth-order valence-electron chi connectivity index (χ4n) is 2.71. The minimum absolute atomic E-state index is 0.0586. The van der Waals surface area contributed by atoms with Gasteiger partial charge in [0.1, 0.15) is 18.3 Å². The van der Waals surface area contributed by atoms with Crippen molar-refractivity contribution in [2.75, 3.05) is 11.9 Å². The van der Waals surface area contributed by atoms with Gasteiger partial charge in [0, 0.05) is 18.4 Å². The van der Waals surface area contributed by atoms with Crippen LogP contribution in [0.15, 0.2) is 41.3 Å². The van der Waals surface area contributed by atoms with Crippen LogP contribution in [0.5, 0.6) is 0 Å². The van der Waals surface area contributed by atoms with Crippen LogP contribution >= 0.6 is 12.2 Å². The number of hydrogen-bond donors (Lipinski definition) is 5. The van der Waals surface area contributed by atoms with Crippen LogP contribution in [0.4, 0.5) is 5.69 Å². The van der Waals surface area contributed by atoms with E-state index in [-0.39, 0.29) is 16.9 Å². The maximum absolute atomic E-state index is 12.1. The number of aromatic nitrogens is 2. The molecule has 0 unspecified atom stereocenters. The number of aromatic amines is 1. The van der Waals surface area contributed by atoms with Gasteiger partial charge in [-0.3, -0.25) is 14.3 Å². The highest BCUT2D eigenvalue weighted by atomic mass is 32.1. The van der Waals surface area contributed by atoms with E-state index in [4.69, 9.17) is 17.0 Å². The number of ether oxygens (including phenoxy) is 1. The molecule has 0 saturated carbocycles. The van der Waals surface area contributed by atoms with Crippen LogP contribution in [0.3, 0.4) is 0 Å². The fraction of sp³-hybridized carbons (Fsp3) is 0.375. The molecule has 0 radical (unpaired) electrons. The van der Waals surface area contributed by atoms with Gasteiger partial charge in [-0.2, -0.15) is 0 Å². The van der Waals surface area contributed by atoms with E-state index in [0.717, 1.165) is 5.69 Å². The second-order valence-corrected chi connectivity index (χ2v) is 6.16. The van der Waals surface area contributed by atoms with Gasteiger partial charge in [-0.1, -0.05) is 18.2 Å². The van der Waals surface area contributed by atoms with Gasteiger partial charge in [0.15, 0.2) is 11.0 Å². The predicted octanol–water partition coefficient (Wildman–Crippen LogP) is 0.129. The average molecular weight is 365 g/mol. The molecule has 2 aromatic rings. The van der Waals surface area contributed by atoms with Crippen molar-refractivity contribution in [2.45, 2.75) is 31.1 Å². The number of rotatable bonds is 5. The molecule has 0 aliphatic carbocycles. The lowest BCUT2D eigenvalue weighted by molar-refractivity contribution is -0.0542. The topological polar surface area (TPSA) is 120 Å². The number of anilines is 1. The monoisotopic (exact) mass is 365 g/mol. The van der Waals surface area contributed by atoms with Crippen molar-refractivity contribution in [3.05, 3.63) is 57.2 Å². The number of benzene rings is 1. The third kappa shape index (κ3) is 3.65. The van der Waals surface area contributed by atoms with Gasteiger partial charge in [0.25, 0.3) is 5.56 Å². The maximum Gasteiger partial charge on any atom is 0.256 e. The second kappa shape index (κ2) is 7.46. The summed E-state index contributed by atoms with van der Waals surface area (Å²) < 4.78 is 6.90. The number of nitrogens with one attached hydrogen (secondary N) is 2. The summed E-state index contributed by atoms with van der Waals surface area (Å²) in [6, 6.07) is 9.38. The zero-order valence-electron chi connectivity index (χ0n) is 13.2. The van der Waals surface area contributed by atoms with Crippen LogP contribution < -0.4 is 10.9 Å². The molecule has 1 aliphatic rings. The number of hydrogen-bond acceptors (Lipinski definition) is 7. The summed E-state index contributed by atoms with van der Waals surface area (Å²) in [5.74, 6) is 0. The standard InChI is InChI=1S/C16H19N3O5S/c20-8-11-12(21)13(22)15(24-11)19-7-9(14(23)18-16(19)25)6-17-10-4-2-1-3-5-10/h1-5,7,11-13,15,17,20-22H,6,8H2,(H,18,23,25)/t11-,12-,13-,15-/m1/s1. The lowest BCUT2D eigenvalue weighted by Crippen LogP contribution is -2.33. The first-order valence-electron chi connectivity index (χ1n) is 7.77. The molecule has 3 rings (SSSR count). The van der Waals surface area contributed by atoms with Crippen LogP contribution in [-0.2, 0) is 11.3 Å². The molecular formula is C16H19N3O5S. The van der Waals surface area contributed by atoms with Gasteiger partial charge in [-0.15, -0.1) is 0 Å². The summed E-state index contributed by atoms with van der Waals surface area (Å²) in [6.07, 6.45) is -2.94. The van der Waals surface area contributed by atoms with E-state index in [1.54, 1.807) is 0 Å². The molecule has 1 fully saturated rings. The first-order chi connectivity index (χ1) is 12.0. The predicted molar refractivity (Wildman–Crippen MR) is 92.7 cm³/mol. The van der Waals surface area contributed by atoms with Crippen LogP contribution in [0.1, 0.15) is 11.8 Å². The van der Waals surface area contributed by atoms with E-state index in [9.17, 15) is 20.1 Å². The number of nitrogens with zero attached hydrogens (tertiary/aromatic N) is 1. The molecule has 1 aromatic carbocycles. The highest BCUT2D eigenvalue weighted by molar-refractivity contribution is 7.71. The van der Waals surface area contributed by atoms with Gasteiger partial charge in [-0.25, -0.2) is 0 Å². The lowest BCUT2D eigenvalue weighted by atomic mass is 10.1. The van der Waals surface area contributed by atoms with E-state index < -0.39 is 31.1 Å². The lowest BCUT2D eigenvalue weighted by Gasteiger charge is -2.19. The van der Waals surface area contributed by atoms with Crippen molar-refractivity contribution in [2.24, 2.45) is 0 Å². The highest BCUT2D eigenvalue weighted by Gasteiger charge is 2.43. The van der Waals surface area contributed by atoms with Crippen LogP contribution in [0, 0.1) is 4.77 Å². The molecule has 1 saturated heterocycles. The van der Waals surface area contributed by atoms with E-state index in [1.165, 1.54) is 10.8 Å². The van der Waals surface area contributed by atoms with Crippen LogP contribution in [-0.4, -0.2) is 49.8 Å². The van der Waals surface area contributed by atoms with E-state index in [1.807, 2.05) is 30.3 Å². The number of aliphatic hydroxyl groups excluding tert-OH is 3. The van der Waals surface area contributed by atoms with Gasteiger partial charge >= 0.3 is 0 Å². The third-order valence-electron chi connectivity index (χ3n) is 4.09. The number of aliphatic hydroxyl groups is 3. The minimum atomic E-state index is -1.27. The normalized spacial score (nSPS) is 25.9. The Labute approximate surface area is 148 Å². The molecule has 1 aliphatic heterocycles. The molecule has 4 atom stereocenters. The zero-order chi connectivity index (χ0) is 18.0. The number of para-hydroxylation sites is 1. The zero-order valence-corrected chi connectivity index (χ0v) is 14.0. The van der Waals surface area contributed by atoms with Gasteiger partial charge < -0.3 is 25.4 Å². The SMILES string of the molecule is O=c1[nH]c(=S)n([C@@H]2O[C@H](CO)[C@@H](O)[C@H]2O)cc1CNc1ccccc1. The Morgan fingerprint density at radius 3 is 2.60 bits per heavy atom.